The number of nitrogens with zero attached hydrogens (tertiary/aromatic N) is 2. The number of aryl methyl sites for hydroxylation is 2. The SMILES string of the molecule is Cc1cccc(Oc2cnn(C)c(=O)c2Nc2ccc(C(=O)[O-])cc2)c1C. The van der Waals surface area contributed by atoms with Gasteiger partial charge in [0.15, 0.2) is 11.4 Å². The van der Waals surface area contributed by atoms with Gasteiger partial charge in [-0.15, -0.1) is 0 Å². The van der Waals surface area contributed by atoms with Crippen molar-refractivity contribution in [2.75, 3.05) is 5.32 Å². The smallest absolute Gasteiger partial charge is 0.294 e. The fraction of sp³-hybridized carbons (Fsp3) is 0.150. The Bertz CT molecular complexity index is 1060. The molecule has 27 heavy (non-hydrogen) atoms. The number of carbonyl (C=O) groups is 1. The number of carboxylic acid groups (broad SMARTS) is 1. The van der Waals surface area contributed by atoms with Crippen LogP contribution in [0.3, 0.4) is 0 Å². The van der Waals surface area contributed by atoms with Gasteiger partial charge in [-0.1, -0.05) is 24.3 Å². The molecule has 1 N–H and O–H groups in total. The maximum atomic E-state index is 12.6. The van der Waals surface area contributed by atoms with Crippen LogP contribution in [0.2, 0.25) is 0 Å². The summed E-state index contributed by atoms with van der Waals surface area (Å²) in [5, 5.41) is 17.9. The van der Waals surface area contributed by atoms with E-state index in [9.17, 15) is 14.7 Å². The molecule has 1 heterocycles. The highest BCUT2D eigenvalue weighted by molar-refractivity contribution is 5.86. The summed E-state index contributed by atoms with van der Waals surface area (Å²) in [5.41, 5.74) is 2.44. The quantitative estimate of drug-likeness (QED) is 0.746. The number of carbonyl (C=O) groups excluding carboxylic acids is 1. The number of anilines is 2. The van der Waals surface area contributed by atoms with Crippen molar-refractivity contribution in [3.8, 4) is 11.5 Å². The standard InChI is InChI=1S/C20H19N3O4/c1-12-5-4-6-16(13(12)2)27-17-11-21-23(3)19(24)18(17)22-15-9-7-14(8-10-15)20(25)26/h4-11,22H,1-3H3,(H,25,26)/p-1. The number of carboxylic acids is 1. The van der Waals surface area contributed by atoms with Crippen LogP contribution in [0.25, 0.3) is 0 Å². The molecule has 0 atom stereocenters. The molecule has 0 aliphatic carbocycles. The Morgan fingerprint density at radius 3 is 2.48 bits per heavy atom. The van der Waals surface area contributed by atoms with Crippen molar-refractivity contribution in [2.24, 2.45) is 7.05 Å². The van der Waals surface area contributed by atoms with Crippen molar-refractivity contribution >= 4 is 17.3 Å². The molecular formula is C20H18N3O4-. The van der Waals surface area contributed by atoms with E-state index in [1.54, 1.807) is 12.1 Å². The first kappa shape index (κ1) is 18.2. The van der Waals surface area contributed by atoms with E-state index in [-0.39, 0.29) is 22.6 Å². The molecule has 0 spiro atoms. The Morgan fingerprint density at radius 2 is 1.81 bits per heavy atom. The first-order chi connectivity index (χ1) is 12.9. The fourth-order valence-electron chi connectivity index (χ4n) is 2.50. The van der Waals surface area contributed by atoms with Crippen molar-refractivity contribution in [1.82, 2.24) is 9.78 Å². The van der Waals surface area contributed by atoms with Gasteiger partial charge in [-0.3, -0.25) is 4.79 Å². The van der Waals surface area contributed by atoms with Crippen molar-refractivity contribution in [2.45, 2.75) is 13.8 Å². The highest BCUT2D eigenvalue weighted by Crippen LogP contribution is 2.31. The molecule has 138 valence electrons. The van der Waals surface area contributed by atoms with Crippen molar-refractivity contribution in [1.29, 1.82) is 0 Å². The lowest BCUT2D eigenvalue weighted by Crippen LogP contribution is -2.23. The predicted octanol–water partition coefficient (Wildman–Crippen LogP) is 2.30. The van der Waals surface area contributed by atoms with Crippen LogP contribution in [0, 0.1) is 13.8 Å². The normalized spacial score (nSPS) is 10.5. The molecule has 0 saturated carbocycles. The van der Waals surface area contributed by atoms with E-state index < -0.39 is 5.97 Å². The van der Waals surface area contributed by atoms with Gasteiger partial charge >= 0.3 is 0 Å². The molecule has 0 amide bonds. The fourth-order valence-corrected chi connectivity index (χ4v) is 2.50. The van der Waals surface area contributed by atoms with Gasteiger partial charge in [-0.25, -0.2) is 4.68 Å². The molecule has 3 aromatic rings. The van der Waals surface area contributed by atoms with E-state index >= 15 is 0 Å². The molecule has 0 unspecified atom stereocenters. The number of aromatic nitrogens is 2. The zero-order valence-electron chi connectivity index (χ0n) is 15.1. The van der Waals surface area contributed by atoms with Gasteiger partial charge in [0.2, 0.25) is 0 Å². The molecule has 7 heteroatoms. The summed E-state index contributed by atoms with van der Waals surface area (Å²) < 4.78 is 7.14. The molecular weight excluding hydrogens is 346 g/mol. The minimum Gasteiger partial charge on any atom is -0.545 e. The largest absolute Gasteiger partial charge is 0.545 e. The molecule has 0 aliphatic heterocycles. The minimum atomic E-state index is -1.26. The summed E-state index contributed by atoms with van der Waals surface area (Å²) in [5.74, 6) is -0.364. The Balaban J connectivity index is 1.99. The van der Waals surface area contributed by atoms with Crippen LogP contribution in [0.4, 0.5) is 11.4 Å². The van der Waals surface area contributed by atoms with E-state index in [1.165, 1.54) is 30.1 Å². The number of rotatable bonds is 5. The molecule has 3 rings (SSSR count). The third-order valence-electron chi connectivity index (χ3n) is 4.27. The van der Waals surface area contributed by atoms with Gasteiger partial charge in [-0.2, -0.15) is 5.10 Å². The zero-order chi connectivity index (χ0) is 19.6. The molecule has 7 nitrogen and oxygen atoms in total. The van der Waals surface area contributed by atoms with E-state index in [0.29, 0.717) is 11.4 Å². The lowest BCUT2D eigenvalue weighted by atomic mass is 10.1. The Morgan fingerprint density at radius 1 is 1.11 bits per heavy atom. The highest BCUT2D eigenvalue weighted by atomic mass is 16.5. The molecule has 1 aromatic heterocycles. The van der Waals surface area contributed by atoms with Crippen LogP contribution in [0.1, 0.15) is 21.5 Å². The van der Waals surface area contributed by atoms with Gasteiger partial charge in [0.05, 0.1) is 12.2 Å². The molecule has 0 saturated heterocycles. The summed E-state index contributed by atoms with van der Waals surface area (Å²) in [6, 6.07) is 11.6. The predicted molar refractivity (Wildman–Crippen MR) is 99.5 cm³/mol. The third-order valence-corrected chi connectivity index (χ3v) is 4.27. The molecule has 0 bridgehead atoms. The number of hydrogen-bond acceptors (Lipinski definition) is 6. The Hall–Kier alpha value is -3.61. The maximum absolute atomic E-state index is 12.6. The van der Waals surface area contributed by atoms with E-state index in [0.717, 1.165) is 11.1 Å². The Kier molecular flexibility index (Phi) is 4.94. The monoisotopic (exact) mass is 364 g/mol. The molecule has 2 aromatic carbocycles. The van der Waals surface area contributed by atoms with E-state index in [1.807, 2.05) is 32.0 Å². The topological polar surface area (TPSA) is 96.3 Å². The third kappa shape index (κ3) is 3.82. The summed E-state index contributed by atoms with van der Waals surface area (Å²) in [4.78, 5) is 23.4. The first-order valence-electron chi connectivity index (χ1n) is 8.25. The minimum absolute atomic E-state index is 0.0510. The Labute approximate surface area is 155 Å². The van der Waals surface area contributed by atoms with Crippen LogP contribution >= 0.6 is 0 Å². The second-order valence-corrected chi connectivity index (χ2v) is 6.10. The van der Waals surface area contributed by atoms with Gasteiger partial charge in [0, 0.05) is 12.7 Å². The van der Waals surface area contributed by atoms with E-state index in [4.69, 9.17) is 4.74 Å². The maximum Gasteiger partial charge on any atom is 0.294 e. The number of benzene rings is 2. The van der Waals surface area contributed by atoms with Crippen LogP contribution in [0.5, 0.6) is 11.5 Å². The lowest BCUT2D eigenvalue weighted by Gasteiger charge is -2.15. The molecule has 0 fully saturated rings. The van der Waals surface area contributed by atoms with Crippen LogP contribution < -0.4 is 20.7 Å². The first-order valence-corrected chi connectivity index (χ1v) is 8.25. The highest BCUT2D eigenvalue weighted by Gasteiger charge is 2.14. The summed E-state index contributed by atoms with van der Waals surface area (Å²) in [7, 11) is 1.54. The number of nitrogens with one attached hydrogen (secondary N) is 1. The molecule has 0 radical (unpaired) electrons. The zero-order valence-corrected chi connectivity index (χ0v) is 15.1. The average Bonchev–Trinajstić information content (AvgIpc) is 2.65. The van der Waals surface area contributed by atoms with Crippen LogP contribution in [-0.4, -0.2) is 15.7 Å². The number of ether oxygens (including phenoxy) is 1. The van der Waals surface area contributed by atoms with Gasteiger partial charge in [0.1, 0.15) is 5.75 Å². The van der Waals surface area contributed by atoms with Crippen LogP contribution in [0.15, 0.2) is 53.5 Å². The summed E-state index contributed by atoms with van der Waals surface area (Å²) in [6.45, 7) is 3.91. The van der Waals surface area contributed by atoms with E-state index in [2.05, 4.69) is 10.4 Å². The molecule has 0 aliphatic rings. The number of hydrogen-bond donors (Lipinski definition) is 1. The summed E-state index contributed by atoms with van der Waals surface area (Å²) >= 11 is 0. The second kappa shape index (κ2) is 7.33. The summed E-state index contributed by atoms with van der Waals surface area (Å²) in [6.07, 6.45) is 1.46. The van der Waals surface area contributed by atoms with Crippen molar-refractivity contribution in [3.05, 3.63) is 75.7 Å². The average molecular weight is 364 g/mol. The van der Waals surface area contributed by atoms with Gasteiger partial charge in [-0.05, 0) is 48.7 Å². The van der Waals surface area contributed by atoms with Crippen LogP contribution in [-0.2, 0) is 7.05 Å². The van der Waals surface area contributed by atoms with Crippen molar-refractivity contribution < 1.29 is 14.6 Å². The number of aromatic carboxylic acids is 1. The van der Waals surface area contributed by atoms with Gasteiger partial charge in [0.25, 0.3) is 5.56 Å². The lowest BCUT2D eigenvalue weighted by molar-refractivity contribution is -0.255. The van der Waals surface area contributed by atoms with Gasteiger partial charge < -0.3 is 20.0 Å². The van der Waals surface area contributed by atoms with Crippen molar-refractivity contribution in [3.63, 3.8) is 0 Å². The second-order valence-electron chi connectivity index (χ2n) is 6.10.